The summed E-state index contributed by atoms with van der Waals surface area (Å²) in [5.74, 6) is -0.905. The zero-order valence-electron chi connectivity index (χ0n) is 11.5. The summed E-state index contributed by atoms with van der Waals surface area (Å²) in [6, 6.07) is 7.51. The van der Waals surface area contributed by atoms with Gasteiger partial charge >= 0.3 is 0 Å². The fourth-order valence-electron chi connectivity index (χ4n) is 2.42. The lowest BCUT2D eigenvalue weighted by Crippen LogP contribution is -2.33. The van der Waals surface area contributed by atoms with E-state index in [0.717, 1.165) is 0 Å². The van der Waals surface area contributed by atoms with E-state index < -0.39 is 5.82 Å². The predicted octanol–water partition coefficient (Wildman–Crippen LogP) is 2.15. The maximum atomic E-state index is 13.4. The number of carbonyl (C=O) groups excluding carboxylic acids is 2. The molecule has 0 aliphatic carbocycles. The van der Waals surface area contributed by atoms with Crippen molar-refractivity contribution in [3.8, 4) is 0 Å². The van der Waals surface area contributed by atoms with Crippen molar-refractivity contribution in [3.05, 3.63) is 48.0 Å². The molecule has 1 aromatic heterocycles. The van der Waals surface area contributed by atoms with Crippen molar-refractivity contribution in [2.75, 3.05) is 16.8 Å². The normalized spacial score (nSPS) is 14.4. The van der Waals surface area contributed by atoms with Gasteiger partial charge in [0.05, 0.1) is 11.4 Å². The van der Waals surface area contributed by atoms with Gasteiger partial charge in [-0.2, -0.15) is 0 Å². The van der Waals surface area contributed by atoms with Crippen LogP contribution in [0.1, 0.15) is 16.9 Å². The van der Waals surface area contributed by atoms with E-state index in [1.807, 2.05) is 0 Å². The molecule has 21 heavy (non-hydrogen) atoms. The average molecular weight is 287 g/mol. The van der Waals surface area contributed by atoms with Crippen molar-refractivity contribution >= 4 is 23.2 Å². The summed E-state index contributed by atoms with van der Waals surface area (Å²) in [6.45, 7) is 0.258. The van der Waals surface area contributed by atoms with Crippen LogP contribution in [-0.2, 0) is 11.8 Å². The first-order valence-corrected chi connectivity index (χ1v) is 6.59. The van der Waals surface area contributed by atoms with Crippen LogP contribution in [0.5, 0.6) is 0 Å². The highest BCUT2D eigenvalue weighted by Crippen LogP contribution is 2.30. The third-order valence-electron chi connectivity index (χ3n) is 3.49. The van der Waals surface area contributed by atoms with E-state index in [9.17, 15) is 14.0 Å². The number of aryl methyl sites for hydroxylation is 1. The number of benzene rings is 1. The second-order valence-corrected chi connectivity index (χ2v) is 4.92. The SMILES string of the molecule is Cn1cccc1C(=O)N1CCC(=O)Nc2cc(F)ccc21. The number of hydrogen-bond acceptors (Lipinski definition) is 2. The summed E-state index contributed by atoms with van der Waals surface area (Å²) in [6.07, 6.45) is 1.95. The second kappa shape index (κ2) is 5.05. The Labute approximate surface area is 121 Å². The lowest BCUT2D eigenvalue weighted by atomic mass is 10.2. The Hall–Kier alpha value is -2.63. The fraction of sp³-hybridized carbons (Fsp3) is 0.200. The average Bonchev–Trinajstić information content (AvgIpc) is 2.79. The van der Waals surface area contributed by atoms with Gasteiger partial charge < -0.3 is 14.8 Å². The summed E-state index contributed by atoms with van der Waals surface area (Å²) >= 11 is 0. The molecule has 1 aliphatic heterocycles. The summed E-state index contributed by atoms with van der Waals surface area (Å²) in [4.78, 5) is 25.9. The largest absolute Gasteiger partial charge is 0.347 e. The second-order valence-electron chi connectivity index (χ2n) is 4.92. The Morgan fingerprint density at radius 1 is 1.33 bits per heavy atom. The van der Waals surface area contributed by atoms with Crippen molar-refractivity contribution in [1.29, 1.82) is 0 Å². The Bertz CT molecular complexity index is 723. The van der Waals surface area contributed by atoms with Crippen molar-refractivity contribution in [3.63, 3.8) is 0 Å². The first kappa shape index (κ1) is 13.4. The Balaban J connectivity index is 2.05. The molecule has 108 valence electrons. The highest BCUT2D eigenvalue weighted by molar-refractivity contribution is 6.09. The zero-order chi connectivity index (χ0) is 15.0. The Morgan fingerprint density at radius 2 is 2.14 bits per heavy atom. The molecule has 0 saturated heterocycles. The van der Waals surface area contributed by atoms with Crippen LogP contribution in [0.2, 0.25) is 0 Å². The minimum atomic E-state index is -0.456. The van der Waals surface area contributed by atoms with E-state index in [1.54, 1.807) is 29.9 Å². The van der Waals surface area contributed by atoms with Crippen LogP contribution >= 0.6 is 0 Å². The molecule has 5 nitrogen and oxygen atoms in total. The third kappa shape index (κ3) is 2.40. The minimum absolute atomic E-state index is 0.173. The fourth-order valence-corrected chi connectivity index (χ4v) is 2.42. The molecule has 0 saturated carbocycles. The lowest BCUT2D eigenvalue weighted by Gasteiger charge is -2.22. The van der Waals surface area contributed by atoms with Crippen LogP contribution in [0.4, 0.5) is 15.8 Å². The summed E-state index contributed by atoms with van der Waals surface area (Å²) in [7, 11) is 1.78. The molecule has 2 amide bonds. The van der Waals surface area contributed by atoms with E-state index in [0.29, 0.717) is 17.1 Å². The smallest absolute Gasteiger partial charge is 0.274 e. The van der Waals surface area contributed by atoms with E-state index in [4.69, 9.17) is 0 Å². The van der Waals surface area contributed by atoms with Gasteiger partial charge in [0.25, 0.3) is 5.91 Å². The molecule has 3 rings (SSSR count). The van der Waals surface area contributed by atoms with Gasteiger partial charge in [0, 0.05) is 26.2 Å². The number of hydrogen-bond donors (Lipinski definition) is 1. The van der Waals surface area contributed by atoms with Crippen molar-refractivity contribution in [2.24, 2.45) is 7.05 Å². The van der Waals surface area contributed by atoms with Gasteiger partial charge in [0.15, 0.2) is 0 Å². The number of halogens is 1. The molecular formula is C15H14FN3O2. The molecule has 2 heterocycles. The third-order valence-corrected chi connectivity index (χ3v) is 3.49. The van der Waals surface area contributed by atoms with Crippen molar-refractivity contribution < 1.29 is 14.0 Å². The van der Waals surface area contributed by atoms with Gasteiger partial charge in [-0.3, -0.25) is 9.59 Å². The number of rotatable bonds is 1. The highest BCUT2D eigenvalue weighted by Gasteiger charge is 2.26. The zero-order valence-corrected chi connectivity index (χ0v) is 11.5. The molecule has 0 bridgehead atoms. The number of aromatic nitrogens is 1. The quantitative estimate of drug-likeness (QED) is 0.873. The van der Waals surface area contributed by atoms with Gasteiger partial charge in [0.2, 0.25) is 5.91 Å². The maximum absolute atomic E-state index is 13.4. The van der Waals surface area contributed by atoms with Gasteiger partial charge in [0.1, 0.15) is 11.5 Å². The molecule has 0 fully saturated rings. The van der Waals surface area contributed by atoms with E-state index in [2.05, 4.69) is 5.32 Å². The number of nitrogens with zero attached hydrogens (tertiary/aromatic N) is 2. The first-order valence-electron chi connectivity index (χ1n) is 6.59. The van der Waals surface area contributed by atoms with Gasteiger partial charge in [-0.1, -0.05) is 0 Å². The molecule has 0 radical (unpaired) electrons. The monoisotopic (exact) mass is 287 g/mol. The summed E-state index contributed by atoms with van der Waals surface area (Å²) < 4.78 is 15.1. The molecule has 6 heteroatoms. The predicted molar refractivity (Wildman–Crippen MR) is 76.7 cm³/mol. The molecule has 1 aliphatic rings. The van der Waals surface area contributed by atoms with E-state index in [-0.39, 0.29) is 24.8 Å². The van der Waals surface area contributed by atoms with Crippen LogP contribution in [0.15, 0.2) is 36.5 Å². The summed E-state index contributed by atoms with van der Waals surface area (Å²) in [5.41, 5.74) is 1.34. The summed E-state index contributed by atoms with van der Waals surface area (Å²) in [5, 5.41) is 2.63. The number of carbonyl (C=O) groups is 2. The van der Waals surface area contributed by atoms with E-state index >= 15 is 0 Å². The molecule has 0 spiro atoms. The Kier molecular flexibility index (Phi) is 3.21. The first-order chi connectivity index (χ1) is 10.1. The molecule has 0 atom stereocenters. The molecule has 1 aromatic carbocycles. The number of anilines is 2. The molecule has 2 aromatic rings. The van der Waals surface area contributed by atoms with Crippen LogP contribution in [0, 0.1) is 5.82 Å². The van der Waals surface area contributed by atoms with Crippen LogP contribution < -0.4 is 10.2 Å². The van der Waals surface area contributed by atoms with Crippen LogP contribution in [0.25, 0.3) is 0 Å². The standard InChI is InChI=1S/C15H14FN3O2/c1-18-7-2-3-13(18)15(21)19-8-6-14(20)17-11-9-10(16)4-5-12(11)19/h2-5,7,9H,6,8H2,1H3,(H,17,20). The van der Waals surface area contributed by atoms with Crippen LogP contribution in [-0.4, -0.2) is 22.9 Å². The van der Waals surface area contributed by atoms with Gasteiger partial charge in [-0.05, 0) is 30.3 Å². The van der Waals surface area contributed by atoms with Crippen molar-refractivity contribution in [1.82, 2.24) is 4.57 Å². The maximum Gasteiger partial charge on any atom is 0.274 e. The number of amides is 2. The number of nitrogens with one attached hydrogen (secondary N) is 1. The van der Waals surface area contributed by atoms with Gasteiger partial charge in [-0.25, -0.2) is 4.39 Å². The molecule has 0 unspecified atom stereocenters. The van der Waals surface area contributed by atoms with Crippen LogP contribution in [0.3, 0.4) is 0 Å². The molecular weight excluding hydrogens is 273 g/mol. The van der Waals surface area contributed by atoms with Crippen molar-refractivity contribution in [2.45, 2.75) is 6.42 Å². The topological polar surface area (TPSA) is 54.3 Å². The minimum Gasteiger partial charge on any atom is -0.347 e. The Morgan fingerprint density at radius 3 is 2.86 bits per heavy atom. The van der Waals surface area contributed by atoms with E-state index in [1.165, 1.54) is 23.1 Å². The molecule has 1 N–H and O–H groups in total. The lowest BCUT2D eigenvalue weighted by molar-refractivity contribution is -0.115. The highest BCUT2D eigenvalue weighted by atomic mass is 19.1. The van der Waals surface area contributed by atoms with Gasteiger partial charge in [-0.15, -0.1) is 0 Å². The number of fused-ring (bicyclic) bond motifs is 1.